The van der Waals surface area contributed by atoms with Crippen LogP contribution in [0.5, 0.6) is 0 Å². The maximum atomic E-state index is 11.0. The zero-order valence-electron chi connectivity index (χ0n) is 8.90. The molecular weight excluding hydrogens is 148 g/mol. The largest absolute Gasteiger partial charge is 0.303 e. The maximum Gasteiger partial charge on any atom is 0.126 e. The van der Waals surface area contributed by atoms with Crippen molar-refractivity contribution in [3.8, 4) is 0 Å². The van der Waals surface area contributed by atoms with Crippen LogP contribution in [0.4, 0.5) is 0 Å². The standard InChI is InChI=1S/C11H20O/c1-9(2,3)6-11(8-12)7-10(11,4)5/h8H,6-7H2,1-5H3. The summed E-state index contributed by atoms with van der Waals surface area (Å²) in [6.07, 6.45) is 3.27. The van der Waals surface area contributed by atoms with Crippen molar-refractivity contribution in [1.29, 1.82) is 0 Å². The average molecular weight is 168 g/mol. The number of hydrogen-bond acceptors (Lipinski definition) is 1. The fraction of sp³-hybridized carbons (Fsp3) is 0.909. The summed E-state index contributed by atoms with van der Waals surface area (Å²) in [6, 6.07) is 0. The van der Waals surface area contributed by atoms with Crippen LogP contribution in [0.2, 0.25) is 0 Å². The number of aldehydes is 1. The number of carbonyl (C=O) groups is 1. The summed E-state index contributed by atoms with van der Waals surface area (Å²) in [5, 5.41) is 0. The Labute approximate surface area is 75.5 Å². The minimum atomic E-state index is -0.00868. The molecule has 1 heteroatoms. The Morgan fingerprint density at radius 2 is 1.75 bits per heavy atom. The van der Waals surface area contributed by atoms with Crippen LogP contribution in [0.15, 0.2) is 0 Å². The monoisotopic (exact) mass is 168 g/mol. The van der Waals surface area contributed by atoms with E-state index in [9.17, 15) is 4.79 Å². The Kier molecular flexibility index (Phi) is 1.90. The van der Waals surface area contributed by atoms with Crippen molar-refractivity contribution in [2.24, 2.45) is 16.2 Å². The Hall–Kier alpha value is -0.330. The Balaban J connectivity index is 2.69. The average Bonchev–Trinajstić information content (AvgIpc) is 2.30. The molecule has 0 radical (unpaired) electrons. The fourth-order valence-electron chi connectivity index (χ4n) is 2.24. The first kappa shape index (κ1) is 9.76. The Bertz CT molecular complexity index is 198. The van der Waals surface area contributed by atoms with Gasteiger partial charge in [0.05, 0.1) is 0 Å². The lowest BCUT2D eigenvalue weighted by Gasteiger charge is -2.24. The zero-order chi connectivity index (χ0) is 9.62. The lowest BCUT2D eigenvalue weighted by molar-refractivity contribution is -0.114. The molecule has 70 valence electrons. The molecule has 0 N–H and O–H groups in total. The van der Waals surface area contributed by atoms with Gasteiger partial charge in [0.25, 0.3) is 0 Å². The van der Waals surface area contributed by atoms with Crippen LogP contribution in [0.25, 0.3) is 0 Å². The van der Waals surface area contributed by atoms with Crippen LogP contribution >= 0.6 is 0 Å². The first-order valence-corrected chi connectivity index (χ1v) is 4.69. The van der Waals surface area contributed by atoms with Gasteiger partial charge in [0.2, 0.25) is 0 Å². The topological polar surface area (TPSA) is 17.1 Å². The highest BCUT2D eigenvalue weighted by atomic mass is 16.1. The molecule has 0 amide bonds. The van der Waals surface area contributed by atoms with Gasteiger partial charge in [-0.3, -0.25) is 0 Å². The third kappa shape index (κ3) is 1.55. The second-order valence-corrected chi connectivity index (χ2v) is 6.07. The van der Waals surface area contributed by atoms with Crippen LogP contribution < -0.4 is 0 Å². The second-order valence-electron chi connectivity index (χ2n) is 6.07. The van der Waals surface area contributed by atoms with Gasteiger partial charge in [0, 0.05) is 5.41 Å². The Morgan fingerprint density at radius 3 is 1.83 bits per heavy atom. The van der Waals surface area contributed by atoms with E-state index in [0.29, 0.717) is 0 Å². The first-order chi connectivity index (χ1) is 5.22. The summed E-state index contributed by atoms with van der Waals surface area (Å²) in [6.45, 7) is 11.0. The number of hydrogen-bond donors (Lipinski definition) is 0. The molecule has 1 unspecified atom stereocenters. The molecule has 0 aliphatic heterocycles. The first-order valence-electron chi connectivity index (χ1n) is 4.69. The molecule has 0 spiro atoms. The number of rotatable bonds is 2. The van der Waals surface area contributed by atoms with E-state index >= 15 is 0 Å². The van der Waals surface area contributed by atoms with E-state index in [4.69, 9.17) is 0 Å². The van der Waals surface area contributed by atoms with Crippen molar-refractivity contribution >= 4 is 6.29 Å². The smallest absolute Gasteiger partial charge is 0.126 e. The number of carbonyl (C=O) groups excluding carboxylic acids is 1. The minimum absolute atomic E-state index is 0.00868. The molecule has 1 rings (SSSR count). The molecule has 0 aromatic heterocycles. The molecule has 0 saturated heterocycles. The van der Waals surface area contributed by atoms with Crippen molar-refractivity contribution in [2.75, 3.05) is 0 Å². The van der Waals surface area contributed by atoms with Gasteiger partial charge in [-0.15, -0.1) is 0 Å². The third-order valence-electron chi connectivity index (χ3n) is 3.05. The summed E-state index contributed by atoms with van der Waals surface area (Å²) >= 11 is 0. The van der Waals surface area contributed by atoms with Crippen LogP contribution in [0, 0.1) is 16.2 Å². The van der Waals surface area contributed by atoms with Gasteiger partial charge in [0.15, 0.2) is 0 Å². The summed E-state index contributed by atoms with van der Waals surface area (Å²) < 4.78 is 0. The second kappa shape index (κ2) is 2.34. The van der Waals surface area contributed by atoms with E-state index < -0.39 is 0 Å². The summed E-state index contributed by atoms with van der Waals surface area (Å²) in [5.74, 6) is 0. The normalized spacial score (nSPS) is 33.1. The highest BCUT2D eigenvalue weighted by Gasteiger charge is 2.61. The predicted molar refractivity (Wildman–Crippen MR) is 51.0 cm³/mol. The molecule has 0 aromatic carbocycles. The maximum absolute atomic E-state index is 11.0. The van der Waals surface area contributed by atoms with E-state index in [-0.39, 0.29) is 16.2 Å². The van der Waals surface area contributed by atoms with Crippen molar-refractivity contribution in [1.82, 2.24) is 0 Å². The van der Waals surface area contributed by atoms with Crippen molar-refractivity contribution in [3.63, 3.8) is 0 Å². The van der Waals surface area contributed by atoms with Crippen molar-refractivity contribution in [2.45, 2.75) is 47.5 Å². The van der Waals surface area contributed by atoms with Gasteiger partial charge in [0.1, 0.15) is 6.29 Å². The van der Waals surface area contributed by atoms with Gasteiger partial charge in [-0.25, -0.2) is 0 Å². The molecule has 1 nitrogen and oxygen atoms in total. The van der Waals surface area contributed by atoms with E-state index in [1.807, 2.05) is 0 Å². The van der Waals surface area contributed by atoms with E-state index in [2.05, 4.69) is 34.6 Å². The predicted octanol–water partition coefficient (Wildman–Crippen LogP) is 3.04. The SMILES string of the molecule is CC(C)(C)CC1(C=O)CC1(C)C. The quantitative estimate of drug-likeness (QED) is 0.579. The Morgan fingerprint density at radius 1 is 1.33 bits per heavy atom. The van der Waals surface area contributed by atoms with E-state index in [1.54, 1.807) is 0 Å². The molecule has 1 atom stereocenters. The van der Waals surface area contributed by atoms with Gasteiger partial charge in [-0.1, -0.05) is 34.6 Å². The molecule has 0 aromatic rings. The summed E-state index contributed by atoms with van der Waals surface area (Å²) in [4.78, 5) is 11.0. The summed E-state index contributed by atoms with van der Waals surface area (Å²) in [7, 11) is 0. The van der Waals surface area contributed by atoms with Crippen LogP contribution in [0.1, 0.15) is 47.5 Å². The van der Waals surface area contributed by atoms with Crippen LogP contribution in [-0.4, -0.2) is 6.29 Å². The highest BCUT2D eigenvalue weighted by Crippen LogP contribution is 2.66. The molecule has 0 bridgehead atoms. The molecule has 1 saturated carbocycles. The minimum Gasteiger partial charge on any atom is -0.303 e. The van der Waals surface area contributed by atoms with E-state index in [1.165, 1.54) is 6.29 Å². The fourth-order valence-corrected chi connectivity index (χ4v) is 2.24. The molecule has 0 heterocycles. The molecular formula is C11H20O. The van der Waals surface area contributed by atoms with Crippen molar-refractivity contribution in [3.05, 3.63) is 0 Å². The molecule has 12 heavy (non-hydrogen) atoms. The molecule has 1 aliphatic carbocycles. The van der Waals surface area contributed by atoms with Gasteiger partial charge >= 0.3 is 0 Å². The van der Waals surface area contributed by atoms with Crippen molar-refractivity contribution < 1.29 is 4.79 Å². The lowest BCUT2D eigenvalue weighted by atomic mass is 9.80. The lowest BCUT2D eigenvalue weighted by Crippen LogP contribution is -2.19. The van der Waals surface area contributed by atoms with Gasteiger partial charge < -0.3 is 4.79 Å². The molecule has 1 fully saturated rings. The summed E-state index contributed by atoms with van der Waals surface area (Å²) in [5.41, 5.74) is 0.516. The molecule has 1 aliphatic rings. The third-order valence-corrected chi connectivity index (χ3v) is 3.05. The van der Waals surface area contributed by atoms with Gasteiger partial charge in [-0.05, 0) is 23.7 Å². The van der Waals surface area contributed by atoms with Crippen LogP contribution in [0.3, 0.4) is 0 Å². The van der Waals surface area contributed by atoms with Crippen LogP contribution in [-0.2, 0) is 4.79 Å². The highest BCUT2D eigenvalue weighted by molar-refractivity contribution is 5.66. The van der Waals surface area contributed by atoms with E-state index in [0.717, 1.165) is 12.8 Å². The zero-order valence-corrected chi connectivity index (χ0v) is 8.90. The van der Waals surface area contributed by atoms with Gasteiger partial charge in [-0.2, -0.15) is 0 Å².